The molecule has 0 heterocycles. The molecule has 2 bridgehead atoms. The fraction of sp³-hybridized carbons (Fsp3) is 0.846. The molecule has 2 fully saturated rings. The number of carbonyl (C=O) groups excluding carboxylic acids is 2. The lowest BCUT2D eigenvalue weighted by molar-refractivity contribution is -0.142. The van der Waals surface area contributed by atoms with E-state index in [9.17, 15) is 9.59 Å². The van der Waals surface area contributed by atoms with Crippen LogP contribution in [-0.4, -0.2) is 35.3 Å². The molecule has 5 nitrogen and oxygen atoms in total. The standard InChI is InChI=1S/C13H23N3O2/c1-7(2)16(6-10(14)17)13(18)11-8-3-4-9(5-8)12(11)15/h7-9,11-12H,3-6,15H2,1-2H3,(H2,14,17). The number of hydrogen-bond acceptors (Lipinski definition) is 3. The summed E-state index contributed by atoms with van der Waals surface area (Å²) in [5.74, 6) is 0.348. The van der Waals surface area contributed by atoms with E-state index in [1.807, 2.05) is 13.8 Å². The van der Waals surface area contributed by atoms with Crippen molar-refractivity contribution in [3.63, 3.8) is 0 Å². The first-order valence-corrected chi connectivity index (χ1v) is 6.76. The van der Waals surface area contributed by atoms with Gasteiger partial charge < -0.3 is 16.4 Å². The van der Waals surface area contributed by atoms with Gasteiger partial charge in [0, 0.05) is 12.1 Å². The molecule has 4 N–H and O–H groups in total. The van der Waals surface area contributed by atoms with E-state index in [2.05, 4.69) is 0 Å². The molecule has 4 atom stereocenters. The molecule has 18 heavy (non-hydrogen) atoms. The highest BCUT2D eigenvalue weighted by Gasteiger charge is 2.50. The summed E-state index contributed by atoms with van der Waals surface area (Å²) in [5, 5.41) is 0. The van der Waals surface area contributed by atoms with Crippen LogP contribution in [0.5, 0.6) is 0 Å². The van der Waals surface area contributed by atoms with Crippen molar-refractivity contribution in [2.75, 3.05) is 6.54 Å². The molecule has 102 valence electrons. The van der Waals surface area contributed by atoms with Crippen LogP contribution in [0.3, 0.4) is 0 Å². The fourth-order valence-electron chi connectivity index (χ4n) is 3.58. The van der Waals surface area contributed by atoms with Gasteiger partial charge in [0.2, 0.25) is 11.8 Å². The van der Waals surface area contributed by atoms with Crippen molar-refractivity contribution in [1.29, 1.82) is 0 Å². The van der Waals surface area contributed by atoms with Crippen molar-refractivity contribution in [1.82, 2.24) is 4.90 Å². The number of primary amides is 1. The van der Waals surface area contributed by atoms with Crippen molar-refractivity contribution >= 4 is 11.8 Å². The Labute approximate surface area is 108 Å². The van der Waals surface area contributed by atoms with Crippen molar-refractivity contribution in [3.8, 4) is 0 Å². The molecule has 0 aromatic carbocycles. The van der Waals surface area contributed by atoms with Crippen LogP contribution in [-0.2, 0) is 9.59 Å². The minimum atomic E-state index is -0.464. The minimum Gasteiger partial charge on any atom is -0.368 e. The third kappa shape index (κ3) is 2.23. The molecule has 0 spiro atoms. The van der Waals surface area contributed by atoms with Gasteiger partial charge in [0.15, 0.2) is 0 Å². The van der Waals surface area contributed by atoms with Gasteiger partial charge in [0.05, 0.1) is 12.5 Å². The molecule has 4 unspecified atom stereocenters. The number of carbonyl (C=O) groups is 2. The van der Waals surface area contributed by atoms with Crippen LogP contribution in [0.15, 0.2) is 0 Å². The van der Waals surface area contributed by atoms with Gasteiger partial charge in [-0.25, -0.2) is 0 Å². The molecule has 0 aromatic rings. The maximum absolute atomic E-state index is 12.6. The van der Waals surface area contributed by atoms with Gasteiger partial charge in [-0.05, 0) is 44.9 Å². The van der Waals surface area contributed by atoms with Crippen LogP contribution in [0.4, 0.5) is 0 Å². The third-order valence-electron chi connectivity index (χ3n) is 4.50. The zero-order valence-electron chi connectivity index (χ0n) is 11.1. The van der Waals surface area contributed by atoms with E-state index >= 15 is 0 Å². The predicted octanol–water partition coefficient (Wildman–Crippen LogP) is 0.0821. The third-order valence-corrected chi connectivity index (χ3v) is 4.50. The molecule has 0 aliphatic heterocycles. The zero-order chi connectivity index (χ0) is 13.4. The highest BCUT2D eigenvalue weighted by atomic mass is 16.2. The first-order valence-electron chi connectivity index (χ1n) is 6.76. The molecular formula is C13H23N3O2. The van der Waals surface area contributed by atoms with E-state index in [0.717, 1.165) is 19.3 Å². The molecule has 0 saturated heterocycles. The summed E-state index contributed by atoms with van der Waals surface area (Å²) in [6.45, 7) is 3.80. The Morgan fingerprint density at radius 2 is 1.89 bits per heavy atom. The zero-order valence-corrected chi connectivity index (χ0v) is 11.1. The minimum absolute atomic E-state index is 0.00287. The number of nitrogens with zero attached hydrogens (tertiary/aromatic N) is 1. The van der Waals surface area contributed by atoms with E-state index in [4.69, 9.17) is 11.5 Å². The maximum atomic E-state index is 12.6. The molecule has 2 aliphatic rings. The van der Waals surface area contributed by atoms with Crippen LogP contribution in [0.25, 0.3) is 0 Å². The lowest BCUT2D eigenvalue weighted by Crippen LogP contribution is -2.51. The first kappa shape index (κ1) is 13.3. The second-order valence-electron chi connectivity index (χ2n) is 5.96. The normalized spacial score (nSPS) is 34.0. The molecule has 2 rings (SSSR count). The number of rotatable bonds is 4. The molecule has 5 heteroatoms. The molecule has 0 aromatic heterocycles. The molecule has 2 amide bonds. The average molecular weight is 253 g/mol. The lowest BCUT2D eigenvalue weighted by atomic mass is 9.83. The Balaban J connectivity index is 2.11. The monoisotopic (exact) mass is 253 g/mol. The highest BCUT2D eigenvalue weighted by molar-refractivity contribution is 5.86. The van der Waals surface area contributed by atoms with Gasteiger partial charge in [-0.15, -0.1) is 0 Å². The van der Waals surface area contributed by atoms with Gasteiger partial charge in [-0.2, -0.15) is 0 Å². The van der Waals surface area contributed by atoms with Crippen LogP contribution in [0.1, 0.15) is 33.1 Å². The largest absolute Gasteiger partial charge is 0.368 e. The SMILES string of the molecule is CC(C)N(CC(N)=O)C(=O)C1C2CCC(C2)C1N. The Bertz CT molecular complexity index is 354. The Morgan fingerprint density at radius 3 is 2.33 bits per heavy atom. The molecule has 0 radical (unpaired) electrons. The Hall–Kier alpha value is -1.10. The fourth-order valence-corrected chi connectivity index (χ4v) is 3.58. The lowest BCUT2D eigenvalue weighted by Gasteiger charge is -2.34. The highest BCUT2D eigenvalue weighted by Crippen LogP contribution is 2.48. The van der Waals surface area contributed by atoms with E-state index in [1.54, 1.807) is 4.90 Å². The second-order valence-corrected chi connectivity index (χ2v) is 5.96. The van der Waals surface area contributed by atoms with Crippen LogP contribution < -0.4 is 11.5 Å². The van der Waals surface area contributed by atoms with E-state index < -0.39 is 5.91 Å². The molecule has 2 aliphatic carbocycles. The van der Waals surface area contributed by atoms with Gasteiger partial charge in [-0.3, -0.25) is 9.59 Å². The van der Waals surface area contributed by atoms with Gasteiger partial charge in [-0.1, -0.05) is 0 Å². The molecular weight excluding hydrogens is 230 g/mol. The van der Waals surface area contributed by atoms with Crippen molar-refractivity contribution in [3.05, 3.63) is 0 Å². The van der Waals surface area contributed by atoms with Gasteiger partial charge >= 0.3 is 0 Å². The maximum Gasteiger partial charge on any atom is 0.237 e. The van der Waals surface area contributed by atoms with Crippen molar-refractivity contribution in [2.45, 2.75) is 45.2 Å². The number of amides is 2. The van der Waals surface area contributed by atoms with E-state index in [0.29, 0.717) is 11.8 Å². The summed E-state index contributed by atoms with van der Waals surface area (Å²) in [6.07, 6.45) is 3.31. The first-order chi connectivity index (χ1) is 8.41. The number of hydrogen-bond donors (Lipinski definition) is 2. The number of nitrogens with two attached hydrogens (primary N) is 2. The summed E-state index contributed by atoms with van der Waals surface area (Å²) < 4.78 is 0. The smallest absolute Gasteiger partial charge is 0.237 e. The summed E-state index contributed by atoms with van der Waals surface area (Å²) >= 11 is 0. The topological polar surface area (TPSA) is 89.4 Å². The predicted molar refractivity (Wildman–Crippen MR) is 68.3 cm³/mol. The van der Waals surface area contributed by atoms with Crippen LogP contribution >= 0.6 is 0 Å². The Morgan fingerprint density at radius 1 is 1.28 bits per heavy atom. The number of fused-ring (bicyclic) bond motifs is 2. The van der Waals surface area contributed by atoms with Gasteiger partial charge in [0.1, 0.15) is 0 Å². The summed E-state index contributed by atoms with van der Waals surface area (Å²) in [6, 6.07) is -0.0540. The van der Waals surface area contributed by atoms with Crippen LogP contribution in [0.2, 0.25) is 0 Å². The van der Waals surface area contributed by atoms with E-state index in [-0.39, 0.29) is 30.5 Å². The quantitative estimate of drug-likeness (QED) is 0.743. The molecule has 2 saturated carbocycles. The second kappa shape index (κ2) is 4.88. The van der Waals surface area contributed by atoms with Crippen molar-refractivity contribution in [2.24, 2.45) is 29.2 Å². The summed E-state index contributed by atoms with van der Waals surface area (Å²) in [5.41, 5.74) is 11.4. The summed E-state index contributed by atoms with van der Waals surface area (Å²) in [7, 11) is 0. The Kier molecular flexibility index (Phi) is 3.61. The average Bonchev–Trinajstić information content (AvgIpc) is 2.84. The van der Waals surface area contributed by atoms with Crippen LogP contribution in [0, 0.1) is 17.8 Å². The summed E-state index contributed by atoms with van der Waals surface area (Å²) in [4.78, 5) is 25.2. The van der Waals surface area contributed by atoms with E-state index in [1.165, 1.54) is 0 Å². The van der Waals surface area contributed by atoms with Gasteiger partial charge in [0.25, 0.3) is 0 Å². The van der Waals surface area contributed by atoms with Crippen molar-refractivity contribution < 1.29 is 9.59 Å².